The van der Waals surface area contributed by atoms with Crippen LogP contribution >= 0.6 is 23.2 Å². The third kappa shape index (κ3) is 4.47. The number of aliphatic imine (C=N–C) groups is 1. The fourth-order valence-corrected chi connectivity index (χ4v) is 5.16. The molecule has 0 amide bonds. The minimum atomic E-state index is -0.656. The average molecular weight is 436 g/mol. The van der Waals surface area contributed by atoms with Crippen molar-refractivity contribution in [3.63, 3.8) is 0 Å². The van der Waals surface area contributed by atoms with Crippen LogP contribution in [0.15, 0.2) is 35.0 Å². The predicted octanol–water partition coefficient (Wildman–Crippen LogP) is 4.59. The number of anilines is 1. The number of rotatable bonds is 5. The number of benzene rings is 1. The molecule has 3 heterocycles. The lowest BCUT2D eigenvalue weighted by atomic mass is 9.84. The lowest BCUT2D eigenvalue weighted by Crippen LogP contribution is -2.51. The van der Waals surface area contributed by atoms with E-state index in [1.807, 2.05) is 18.2 Å². The highest BCUT2D eigenvalue weighted by atomic mass is 35.5. The van der Waals surface area contributed by atoms with Crippen LogP contribution in [0.25, 0.3) is 0 Å². The van der Waals surface area contributed by atoms with Crippen molar-refractivity contribution in [3.05, 3.63) is 40.0 Å². The van der Waals surface area contributed by atoms with Crippen LogP contribution in [0.3, 0.4) is 0 Å². The van der Waals surface area contributed by atoms with Gasteiger partial charge in [-0.15, -0.1) is 0 Å². The Morgan fingerprint density at radius 2 is 1.86 bits per heavy atom. The summed E-state index contributed by atoms with van der Waals surface area (Å²) in [4.78, 5) is 20.5. The molecule has 1 atom stereocenters. The molecule has 0 spiro atoms. The number of carbonyl (C=O) groups is 1. The molecular formula is C22H27Cl2N3O2. The first-order valence-electron chi connectivity index (χ1n) is 10.3. The van der Waals surface area contributed by atoms with E-state index >= 15 is 0 Å². The van der Waals surface area contributed by atoms with Crippen LogP contribution < -0.4 is 4.90 Å². The van der Waals surface area contributed by atoms with Gasteiger partial charge in [-0.3, -0.25) is 14.7 Å². The molecule has 2 saturated heterocycles. The summed E-state index contributed by atoms with van der Waals surface area (Å²) in [6, 6.07) is 5.63. The first-order chi connectivity index (χ1) is 13.9. The second kappa shape index (κ2) is 8.66. The molecule has 1 aromatic carbocycles. The van der Waals surface area contributed by atoms with Gasteiger partial charge in [0, 0.05) is 37.5 Å². The van der Waals surface area contributed by atoms with E-state index in [4.69, 9.17) is 33.3 Å². The van der Waals surface area contributed by atoms with E-state index in [1.54, 1.807) is 0 Å². The Kier molecular flexibility index (Phi) is 6.19. The van der Waals surface area contributed by atoms with E-state index in [1.165, 1.54) is 11.3 Å². The smallest absolute Gasteiger partial charge is 0.306 e. The molecule has 1 aromatic rings. The Morgan fingerprint density at radius 3 is 2.45 bits per heavy atom. The van der Waals surface area contributed by atoms with E-state index in [9.17, 15) is 4.79 Å². The van der Waals surface area contributed by atoms with E-state index < -0.39 is 5.97 Å². The normalized spacial score (nSPS) is 24.1. The van der Waals surface area contributed by atoms with Crippen LogP contribution in [0.1, 0.15) is 26.2 Å². The Balaban J connectivity index is 1.33. The molecule has 0 aromatic heterocycles. The summed E-state index contributed by atoms with van der Waals surface area (Å²) in [6.07, 6.45) is 4.53. The zero-order chi connectivity index (χ0) is 20.5. The molecule has 5 nitrogen and oxygen atoms in total. The van der Waals surface area contributed by atoms with Gasteiger partial charge in [0.1, 0.15) is 0 Å². The van der Waals surface area contributed by atoms with E-state index in [0.717, 1.165) is 57.7 Å². The third-order valence-electron chi connectivity index (χ3n) is 6.49. The largest absolute Gasteiger partial charge is 0.481 e. The van der Waals surface area contributed by atoms with E-state index in [2.05, 4.69) is 22.9 Å². The molecule has 29 heavy (non-hydrogen) atoms. The zero-order valence-electron chi connectivity index (χ0n) is 16.7. The van der Waals surface area contributed by atoms with Gasteiger partial charge in [0.25, 0.3) is 0 Å². The Morgan fingerprint density at radius 1 is 1.21 bits per heavy atom. The van der Waals surface area contributed by atoms with Gasteiger partial charge in [0.05, 0.1) is 21.7 Å². The second-order valence-electron chi connectivity index (χ2n) is 8.49. The van der Waals surface area contributed by atoms with Crippen LogP contribution in [-0.4, -0.2) is 54.4 Å². The van der Waals surface area contributed by atoms with Crippen molar-refractivity contribution in [2.45, 2.75) is 26.2 Å². The number of carboxylic acid groups (broad SMARTS) is 1. The molecule has 0 radical (unpaired) electrons. The third-order valence-corrected chi connectivity index (χ3v) is 7.10. The summed E-state index contributed by atoms with van der Waals surface area (Å²) in [5, 5.41) is 10.5. The number of halogens is 2. The summed E-state index contributed by atoms with van der Waals surface area (Å²) in [5.41, 5.74) is 3.55. The van der Waals surface area contributed by atoms with Crippen LogP contribution in [-0.2, 0) is 4.79 Å². The Hall–Kier alpha value is -1.56. The summed E-state index contributed by atoms with van der Waals surface area (Å²) < 4.78 is 0. The minimum Gasteiger partial charge on any atom is -0.481 e. The highest BCUT2D eigenvalue weighted by molar-refractivity contribution is 6.39. The van der Waals surface area contributed by atoms with E-state index in [-0.39, 0.29) is 5.92 Å². The number of nitrogens with zero attached hydrogens (tertiary/aromatic N) is 3. The zero-order valence-corrected chi connectivity index (χ0v) is 18.2. The standard InChI is InChI=1S/C22H27Cl2N3O2/c1-14-9-20(17-12-27(13-17)21-18(23)3-2-4-19(21)24)25-10-16(14)11-26-7-5-15(6-8-26)22(28)29/h2-4,10,14-15,17H,5-9,11-13H2,1H3,(H,28,29). The quantitative estimate of drug-likeness (QED) is 0.734. The van der Waals surface area contributed by atoms with Crippen LogP contribution in [0, 0.1) is 17.8 Å². The number of likely N-dealkylation sites (tertiary alicyclic amines) is 1. The maximum Gasteiger partial charge on any atom is 0.306 e. The SMILES string of the molecule is CC1CC(C2CN(c3c(Cl)cccc3Cl)C2)=NC=C1CN1CCC(C(=O)O)CC1. The van der Waals surface area contributed by atoms with Gasteiger partial charge in [0.2, 0.25) is 0 Å². The minimum absolute atomic E-state index is 0.179. The molecule has 2 fully saturated rings. The van der Waals surface area contributed by atoms with Crippen LogP contribution in [0.5, 0.6) is 0 Å². The Labute approximate surface area is 182 Å². The fourth-order valence-electron chi connectivity index (χ4n) is 4.52. The number of piperidine rings is 1. The number of hydrogen-bond acceptors (Lipinski definition) is 4. The topological polar surface area (TPSA) is 56.1 Å². The van der Waals surface area contributed by atoms with Gasteiger partial charge in [-0.1, -0.05) is 36.2 Å². The fraction of sp³-hybridized carbons (Fsp3) is 0.545. The van der Waals surface area contributed by atoms with Crippen LogP contribution in [0.4, 0.5) is 5.69 Å². The summed E-state index contributed by atoms with van der Waals surface area (Å²) in [7, 11) is 0. The molecule has 1 unspecified atom stereocenters. The van der Waals surface area contributed by atoms with E-state index in [0.29, 0.717) is 21.9 Å². The summed E-state index contributed by atoms with van der Waals surface area (Å²) in [6.45, 7) is 6.69. The van der Waals surface area contributed by atoms with Crippen molar-refractivity contribution >= 4 is 40.6 Å². The number of para-hydroxylation sites is 1. The number of carboxylic acids is 1. The van der Waals surface area contributed by atoms with Gasteiger partial charge in [-0.05, 0) is 56.0 Å². The van der Waals surface area contributed by atoms with Crippen molar-refractivity contribution < 1.29 is 9.90 Å². The summed E-state index contributed by atoms with van der Waals surface area (Å²) in [5.74, 6) is 0.0881. The van der Waals surface area contributed by atoms with Crippen molar-refractivity contribution in [1.29, 1.82) is 0 Å². The van der Waals surface area contributed by atoms with Crippen LogP contribution in [0.2, 0.25) is 10.0 Å². The molecule has 4 rings (SSSR count). The van der Waals surface area contributed by atoms with Crippen molar-refractivity contribution in [2.75, 3.05) is 37.6 Å². The second-order valence-corrected chi connectivity index (χ2v) is 9.30. The number of aliphatic carboxylic acids is 1. The van der Waals surface area contributed by atoms with Crippen molar-refractivity contribution in [2.24, 2.45) is 22.7 Å². The maximum atomic E-state index is 11.1. The molecule has 7 heteroatoms. The molecule has 0 saturated carbocycles. The molecule has 0 bridgehead atoms. The molecule has 3 aliphatic heterocycles. The predicted molar refractivity (Wildman–Crippen MR) is 118 cm³/mol. The van der Waals surface area contributed by atoms with Gasteiger partial charge >= 0.3 is 5.97 Å². The van der Waals surface area contributed by atoms with Gasteiger partial charge < -0.3 is 10.0 Å². The highest BCUT2D eigenvalue weighted by Gasteiger charge is 2.35. The van der Waals surface area contributed by atoms with Gasteiger partial charge in [-0.25, -0.2) is 0 Å². The number of hydrogen-bond donors (Lipinski definition) is 1. The molecule has 1 N–H and O–H groups in total. The maximum absolute atomic E-state index is 11.1. The molecule has 156 valence electrons. The Bertz CT molecular complexity index is 820. The highest BCUT2D eigenvalue weighted by Crippen LogP contribution is 2.39. The monoisotopic (exact) mass is 435 g/mol. The molecule has 0 aliphatic carbocycles. The summed E-state index contributed by atoms with van der Waals surface area (Å²) >= 11 is 12.7. The lowest BCUT2D eigenvalue weighted by molar-refractivity contribution is -0.143. The first kappa shape index (κ1) is 20.7. The van der Waals surface area contributed by atoms with Gasteiger partial charge in [0.15, 0.2) is 0 Å². The average Bonchev–Trinajstić information content (AvgIpc) is 2.65. The first-order valence-corrected chi connectivity index (χ1v) is 11.1. The molecule has 3 aliphatic rings. The molecular weight excluding hydrogens is 409 g/mol. The van der Waals surface area contributed by atoms with Crippen molar-refractivity contribution in [3.8, 4) is 0 Å². The lowest BCUT2D eigenvalue weighted by Gasteiger charge is -2.43. The van der Waals surface area contributed by atoms with Gasteiger partial charge in [-0.2, -0.15) is 0 Å². The van der Waals surface area contributed by atoms with Crippen molar-refractivity contribution in [1.82, 2.24) is 4.90 Å².